The van der Waals surface area contributed by atoms with E-state index in [1.807, 2.05) is 36.4 Å². The molecule has 7 heteroatoms. The van der Waals surface area contributed by atoms with E-state index < -0.39 is 0 Å². The van der Waals surface area contributed by atoms with Gasteiger partial charge in [-0.05, 0) is 55.3 Å². The third-order valence-corrected chi connectivity index (χ3v) is 14.5. The number of para-hydroxylation sites is 5. The second kappa shape index (κ2) is 15.1. The molecule has 9 aromatic carbocycles. The Morgan fingerprint density at radius 2 is 0.700 bits per heavy atom. The number of rotatable bonds is 6. The Morgan fingerprint density at radius 1 is 0.314 bits per heavy atom. The highest BCUT2D eigenvalue weighted by Gasteiger charge is 2.27. The van der Waals surface area contributed by atoms with Crippen molar-refractivity contribution in [2.75, 3.05) is 0 Å². The fraction of sp³-hybridized carbons (Fsp3) is 0.0317. The van der Waals surface area contributed by atoms with Gasteiger partial charge in [0.15, 0.2) is 11.6 Å². The summed E-state index contributed by atoms with van der Waals surface area (Å²) < 4.78 is 9.82. The summed E-state index contributed by atoms with van der Waals surface area (Å²) >= 11 is 0. The summed E-state index contributed by atoms with van der Waals surface area (Å²) in [6.07, 6.45) is 6.61. The number of benzene rings is 9. The minimum atomic E-state index is 0.574. The van der Waals surface area contributed by atoms with Crippen molar-refractivity contribution in [2.24, 2.45) is 0 Å². The maximum atomic E-state index is 5.35. The number of nitrogens with zero attached hydrogens (tertiary/aromatic N) is 7. The van der Waals surface area contributed by atoms with E-state index in [4.69, 9.17) is 15.0 Å². The van der Waals surface area contributed by atoms with Crippen molar-refractivity contribution >= 4 is 98.6 Å². The lowest BCUT2D eigenvalue weighted by molar-refractivity contribution is 0.948. The van der Waals surface area contributed by atoms with Crippen LogP contribution in [0.1, 0.15) is 12.8 Å². The topological polar surface area (TPSA) is 58.4 Å². The normalized spacial score (nSPS) is 13.2. The number of aromatic nitrogens is 7. The van der Waals surface area contributed by atoms with Gasteiger partial charge in [0.2, 0.25) is 5.95 Å². The van der Waals surface area contributed by atoms with Crippen molar-refractivity contribution in [3.63, 3.8) is 0 Å². The van der Waals surface area contributed by atoms with Gasteiger partial charge in [0.25, 0.3) is 0 Å². The maximum Gasteiger partial charge on any atom is 0.238 e. The minimum Gasteiger partial charge on any atom is -0.311 e. The Balaban J connectivity index is 1.04. The number of hydrogen-bond acceptors (Lipinski definition) is 3. The number of hydrogen-bond donors (Lipinski definition) is 0. The highest BCUT2D eigenvalue weighted by atomic mass is 15.2. The van der Waals surface area contributed by atoms with E-state index in [1.54, 1.807) is 0 Å². The van der Waals surface area contributed by atoms with Crippen LogP contribution in [0.3, 0.4) is 0 Å². The lowest BCUT2D eigenvalue weighted by atomic mass is 10.1. The van der Waals surface area contributed by atoms with E-state index in [0.717, 1.165) is 68.2 Å². The van der Waals surface area contributed by atoms with Gasteiger partial charge in [-0.3, -0.25) is 4.57 Å². The van der Waals surface area contributed by atoms with Crippen LogP contribution >= 0.6 is 0 Å². The highest BCUT2D eigenvalue weighted by Crippen LogP contribution is 2.46. The molecule has 0 amide bonds. The second-order valence-corrected chi connectivity index (χ2v) is 18.3. The number of allylic oxidation sites excluding steroid dienone is 4. The van der Waals surface area contributed by atoms with E-state index in [-0.39, 0.29) is 0 Å². The van der Waals surface area contributed by atoms with Crippen LogP contribution in [0.25, 0.3) is 133 Å². The molecule has 70 heavy (non-hydrogen) atoms. The van der Waals surface area contributed by atoms with E-state index in [2.05, 4.69) is 206 Å². The SMILES string of the molecule is C1=C(n2c3ccccc3c3ccc4c5ccccc5n(-c5ccccc5)c4c32)C=C(n2c3ccccc3c3ccc4c5ccccc5n(-c5nc(-c6ccccc6)nc(-c6ccccc6)n5)c4c32)CC1. The standard InChI is InChI=1S/C63H41N7/c1-4-19-40(20-5-1)61-64-62(41-21-6-2-7-22-41)66-63(65-61)70-56-34-17-13-30-48(56)52-38-37-51-47-29-12-16-33-55(47)69(59(51)60(52)70)44-26-18-25-43(39-44)68-54-32-15-11-28-46(54)50-36-35-49-45-27-10-14-31-53(45)67(57(49)58(50)68)42-23-8-3-9-24-42/h1-17,19-25,27-39H,18,26H2. The molecule has 5 aromatic heterocycles. The van der Waals surface area contributed by atoms with Gasteiger partial charge in [0, 0.05) is 71.3 Å². The molecule has 0 spiro atoms. The summed E-state index contributed by atoms with van der Waals surface area (Å²) in [6.45, 7) is 0. The Bertz CT molecular complexity index is 4450. The molecular formula is C63H41N7. The molecule has 0 bridgehead atoms. The Hall–Kier alpha value is -9.33. The molecule has 0 atom stereocenters. The third kappa shape index (κ3) is 5.60. The first-order valence-electron chi connectivity index (χ1n) is 24.0. The Kier molecular flexibility index (Phi) is 8.35. The molecule has 1 aliphatic carbocycles. The average molecular weight is 896 g/mol. The van der Waals surface area contributed by atoms with E-state index in [9.17, 15) is 0 Å². The van der Waals surface area contributed by atoms with Gasteiger partial charge >= 0.3 is 0 Å². The molecule has 14 aromatic rings. The molecule has 0 saturated carbocycles. The quantitative estimate of drug-likeness (QED) is 0.167. The number of fused-ring (bicyclic) bond motifs is 14. The molecular weight excluding hydrogens is 855 g/mol. The fourth-order valence-corrected chi connectivity index (χ4v) is 11.5. The van der Waals surface area contributed by atoms with Crippen LogP contribution in [-0.4, -0.2) is 33.2 Å². The van der Waals surface area contributed by atoms with Crippen molar-refractivity contribution in [2.45, 2.75) is 12.8 Å². The molecule has 0 unspecified atom stereocenters. The molecule has 5 heterocycles. The largest absolute Gasteiger partial charge is 0.311 e. The molecule has 0 aliphatic heterocycles. The average Bonchev–Trinajstić information content (AvgIpc) is 4.17. The first kappa shape index (κ1) is 38.7. The van der Waals surface area contributed by atoms with Crippen LogP contribution in [0.15, 0.2) is 224 Å². The van der Waals surface area contributed by atoms with Gasteiger partial charge in [0.1, 0.15) is 0 Å². The van der Waals surface area contributed by atoms with E-state index in [1.165, 1.54) is 60.1 Å². The van der Waals surface area contributed by atoms with Gasteiger partial charge in [-0.15, -0.1) is 0 Å². The molecule has 1 aliphatic rings. The maximum absolute atomic E-state index is 5.35. The van der Waals surface area contributed by atoms with Gasteiger partial charge in [-0.1, -0.05) is 182 Å². The molecule has 0 fully saturated rings. The summed E-state index contributed by atoms with van der Waals surface area (Å²) in [7, 11) is 0. The van der Waals surface area contributed by atoms with Crippen molar-refractivity contribution in [3.8, 4) is 34.4 Å². The zero-order chi connectivity index (χ0) is 45.9. The Labute approximate surface area is 401 Å². The molecule has 0 saturated heterocycles. The predicted octanol–water partition coefficient (Wildman–Crippen LogP) is 15.8. The van der Waals surface area contributed by atoms with Crippen LogP contribution < -0.4 is 0 Å². The highest BCUT2D eigenvalue weighted by molar-refractivity contribution is 6.26. The summed E-state index contributed by atoms with van der Waals surface area (Å²) in [5, 5.41) is 9.59. The summed E-state index contributed by atoms with van der Waals surface area (Å²) in [6, 6.07) is 75.8. The lowest BCUT2D eigenvalue weighted by Gasteiger charge is -2.20. The minimum absolute atomic E-state index is 0.574. The lowest BCUT2D eigenvalue weighted by Crippen LogP contribution is -2.08. The van der Waals surface area contributed by atoms with Crippen molar-refractivity contribution in [3.05, 3.63) is 224 Å². The smallest absolute Gasteiger partial charge is 0.238 e. The van der Waals surface area contributed by atoms with Gasteiger partial charge in [-0.2, -0.15) is 9.97 Å². The molecule has 0 N–H and O–H groups in total. The van der Waals surface area contributed by atoms with Crippen molar-refractivity contribution in [1.82, 2.24) is 33.2 Å². The molecule has 15 rings (SSSR count). The molecule has 0 radical (unpaired) electrons. The summed E-state index contributed by atoms with van der Waals surface area (Å²) in [4.78, 5) is 15.8. The van der Waals surface area contributed by atoms with Crippen LogP contribution in [0.5, 0.6) is 0 Å². The van der Waals surface area contributed by atoms with E-state index in [0.29, 0.717) is 17.6 Å². The zero-order valence-electron chi connectivity index (χ0n) is 37.9. The van der Waals surface area contributed by atoms with Gasteiger partial charge in [-0.25, -0.2) is 4.98 Å². The van der Waals surface area contributed by atoms with Crippen LogP contribution in [0.4, 0.5) is 0 Å². The zero-order valence-corrected chi connectivity index (χ0v) is 37.9. The summed E-state index contributed by atoms with van der Waals surface area (Å²) in [5.41, 5.74) is 14.5. The fourth-order valence-electron chi connectivity index (χ4n) is 11.5. The van der Waals surface area contributed by atoms with Crippen molar-refractivity contribution < 1.29 is 0 Å². The van der Waals surface area contributed by atoms with Crippen LogP contribution in [0.2, 0.25) is 0 Å². The van der Waals surface area contributed by atoms with Gasteiger partial charge in [0.05, 0.1) is 44.1 Å². The molecule has 7 nitrogen and oxygen atoms in total. The predicted molar refractivity (Wildman–Crippen MR) is 290 cm³/mol. The Morgan fingerprint density at radius 3 is 1.21 bits per heavy atom. The van der Waals surface area contributed by atoms with Crippen LogP contribution in [-0.2, 0) is 0 Å². The van der Waals surface area contributed by atoms with Crippen LogP contribution in [0, 0.1) is 0 Å². The van der Waals surface area contributed by atoms with Gasteiger partial charge < -0.3 is 13.7 Å². The summed E-state index contributed by atoms with van der Waals surface area (Å²) in [5.74, 6) is 1.82. The second-order valence-electron chi connectivity index (χ2n) is 18.3. The first-order valence-corrected chi connectivity index (χ1v) is 24.0. The third-order valence-electron chi connectivity index (χ3n) is 14.5. The monoisotopic (exact) mass is 895 g/mol. The molecule has 328 valence electrons. The first-order chi connectivity index (χ1) is 34.8. The van der Waals surface area contributed by atoms with Crippen molar-refractivity contribution in [1.29, 1.82) is 0 Å². The van der Waals surface area contributed by atoms with E-state index >= 15 is 0 Å².